The molecule has 1 aromatic heterocycles. The van der Waals surface area contributed by atoms with Crippen LogP contribution in [0.5, 0.6) is 0 Å². The number of likely N-dealkylation sites (N-methyl/N-ethyl adjacent to an activating group) is 1. The predicted octanol–water partition coefficient (Wildman–Crippen LogP) is 1.43. The summed E-state index contributed by atoms with van der Waals surface area (Å²) in [7, 11) is 4.32. The average Bonchev–Trinajstić information content (AvgIpc) is 2.82. The van der Waals surface area contributed by atoms with E-state index in [1.165, 1.54) is 5.56 Å². The Labute approximate surface area is 110 Å². The second-order valence-electron chi connectivity index (χ2n) is 5.73. The first-order valence-electron chi connectivity index (χ1n) is 6.68. The van der Waals surface area contributed by atoms with Gasteiger partial charge in [0.15, 0.2) is 0 Å². The van der Waals surface area contributed by atoms with Crippen LogP contribution in [0, 0.1) is 12.8 Å². The van der Waals surface area contributed by atoms with E-state index in [2.05, 4.69) is 43.8 Å². The molecule has 0 amide bonds. The Kier molecular flexibility index (Phi) is 4.10. The second kappa shape index (κ2) is 5.43. The molecule has 2 N–H and O–H groups in total. The van der Waals surface area contributed by atoms with Gasteiger partial charge in [0.05, 0.1) is 13.1 Å². The lowest BCUT2D eigenvalue weighted by Crippen LogP contribution is -2.34. The summed E-state index contributed by atoms with van der Waals surface area (Å²) in [6.45, 7) is 8.03. The summed E-state index contributed by atoms with van der Waals surface area (Å²) in [5.74, 6) is 2.67. The first kappa shape index (κ1) is 13.6. The zero-order chi connectivity index (χ0) is 13.3. The van der Waals surface area contributed by atoms with Gasteiger partial charge in [-0.2, -0.15) is 0 Å². The topological polar surface area (TPSA) is 45.6 Å². The lowest BCUT2D eigenvalue weighted by atomic mass is 10.1. The van der Waals surface area contributed by atoms with E-state index in [1.807, 2.05) is 0 Å². The number of hydrogen-bond donors (Lipinski definition) is 1. The van der Waals surface area contributed by atoms with Crippen LogP contribution in [0.1, 0.15) is 24.0 Å². The minimum absolute atomic E-state index is 0.489. The maximum Gasteiger partial charge on any atom is 0.120 e. The van der Waals surface area contributed by atoms with E-state index in [0.717, 1.165) is 31.2 Å². The number of aryl methyl sites for hydroxylation is 1. The molecule has 2 unspecified atom stereocenters. The molecule has 0 aliphatic carbocycles. The molecule has 2 atom stereocenters. The Morgan fingerprint density at radius 3 is 2.67 bits per heavy atom. The van der Waals surface area contributed by atoms with Crippen LogP contribution in [0.3, 0.4) is 0 Å². The molecule has 1 aliphatic heterocycles. The van der Waals surface area contributed by atoms with Crippen molar-refractivity contribution < 1.29 is 4.42 Å². The van der Waals surface area contributed by atoms with Gasteiger partial charge in [0, 0.05) is 19.1 Å². The van der Waals surface area contributed by atoms with Crippen LogP contribution in [-0.4, -0.2) is 43.0 Å². The fourth-order valence-corrected chi connectivity index (χ4v) is 2.94. The summed E-state index contributed by atoms with van der Waals surface area (Å²) in [6.07, 6.45) is 0. The lowest BCUT2D eigenvalue weighted by molar-refractivity contribution is 0.243. The molecule has 0 radical (unpaired) electrons. The van der Waals surface area contributed by atoms with Crippen molar-refractivity contribution in [1.82, 2.24) is 9.80 Å². The van der Waals surface area contributed by atoms with Gasteiger partial charge in [-0.25, -0.2) is 0 Å². The van der Waals surface area contributed by atoms with Crippen LogP contribution < -0.4 is 5.73 Å². The Morgan fingerprint density at radius 1 is 1.44 bits per heavy atom. The number of nitrogens with zero attached hydrogens (tertiary/aromatic N) is 2. The lowest BCUT2D eigenvalue weighted by Gasteiger charge is -2.22. The number of rotatable bonds is 4. The van der Waals surface area contributed by atoms with Crippen molar-refractivity contribution in [2.45, 2.75) is 33.0 Å². The summed E-state index contributed by atoms with van der Waals surface area (Å²) in [4.78, 5) is 4.79. The third kappa shape index (κ3) is 2.76. The molecule has 0 aromatic carbocycles. The summed E-state index contributed by atoms with van der Waals surface area (Å²) < 4.78 is 5.78. The molecule has 2 heterocycles. The molecular weight excluding hydrogens is 226 g/mol. The van der Waals surface area contributed by atoms with Crippen molar-refractivity contribution >= 4 is 0 Å². The highest BCUT2D eigenvalue weighted by molar-refractivity contribution is 5.20. The van der Waals surface area contributed by atoms with Gasteiger partial charge in [-0.05, 0) is 38.6 Å². The van der Waals surface area contributed by atoms with Crippen LogP contribution in [0.25, 0.3) is 0 Å². The highest BCUT2D eigenvalue weighted by Gasteiger charge is 2.31. The Morgan fingerprint density at radius 2 is 2.17 bits per heavy atom. The van der Waals surface area contributed by atoms with E-state index < -0.39 is 0 Å². The zero-order valence-electron chi connectivity index (χ0n) is 11.9. The monoisotopic (exact) mass is 251 g/mol. The van der Waals surface area contributed by atoms with Gasteiger partial charge in [-0.3, -0.25) is 4.90 Å². The third-order valence-electron chi connectivity index (χ3n) is 3.95. The zero-order valence-corrected chi connectivity index (χ0v) is 11.9. The Bertz CT molecular complexity index is 400. The molecule has 4 heteroatoms. The molecule has 4 nitrogen and oxygen atoms in total. The van der Waals surface area contributed by atoms with Gasteiger partial charge in [-0.15, -0.1) is 0 Å². The van der Waals surface area contributed by atoms with Crippen molar-refractivity contribution in [3.05, 3.63) is 23.2 Å². The maximum absolute atomic E-state index is 5.78. The van der Waals surface area contributed by atoms with Gasteiger partial charge in [0.1, 0.15) is 11.5 Å². The average molecular weight is 251 g/mol. The van der Waals surface area contributed by atoms with E-state index in [4.69, 9.17) is 10.2 Å². The van der Waals surface area contributed by atoms with Crippen LogP contribution >= 0.6 is 0 Å². The van der Waals surface area contributed by atoms with Gasteiger partial charge in [0.2, 0.25) is 0 Å². The quantitative estimate of drug-likeness (QED) is 0.879. The molecule has 1 saturated heterocycles. The van der Waals surface area contributed by atoms with E-state index in [1.54, 1.807) is 0 Å². The van der Waals surface area contributed by atoms with Crippen LogP contribution in [0.15, 0.2) is 10.5 Å². The van der Waals surface area contributed by atoms with Crippen molar-refractivity contribution in [1.29, 1.82) is 0 Å². The third-order valence-corrected chi connectivity index (χ3v) is 3.95. The van der Waals surface area contributed by atoms with Crippen molar-refractivity contribution in [2.75, 3.05) is 27.2 Å². The number of furan rings is 1. The molecule has 2 rings (SSSR count). The van der Waals surface area contributed by atoms with Crippen LogP contribution in [0.4, 0.5) is 0 Å². The van der Waals surface area contributed by atoms with E-state index >= 15 is 0 Å². The second-order valence-corrected chi connectivity index (χ2v) is 5.73. The van der Waals surface area contributed by atoms with E-state index in [9.17, 15) is 0 Å². The summed E-state index contributed by atoms with van der Waals surface area (Å²) in [6, 6.07) is 2.77. The van der Waals surface area contributed by atoms with E-state index in [-0.39, 0.29) is 0 Å². The summed E-state index contributed by atoms with van der Waals surface area (Å²) in [5.41, 5.74) is 6.81. The molecule has 1 fully saturated rings. The molecule has 0 saturated carbocycles. The Balaban J connectivity index is 1.98. The van der Waals surface area contributed by atoms with Gasteiger partial charge in [-0.1, -0.05) is 6.92 Å². The Hall–Kier alpha value is -0.840. The molecule has 102 valence electrons. The van der Waals surface area contributed by atoms with Crippen LogP contribution in [0.2, 0.25) is 0 Å². The molecule has 1 aromatic rings. The van der Waals surface area contributed by atoms with E-state index in [0.29, 0.717) is 18.5 Å². The first-order chi connectivity index (χ1) is 8.51. The maximum atomic E-state index is 5.78. The largest absolute Gasteiger partial charge is 0.463 e. The summed E-state index contributed by atoms with van der Waals surface area (Å²) >= 11 is 0. The van der Waals surface area contributed by atoms with Gasteiger partial charge >= 0.3 is 0 Å². The number of likely N-dealkylation sites (tertiary alicyclic amines) is 1. The molecule has 0 bridgehead atoms. The first-order valence-corrected chi connectivity index (χ1v) is 6.68. The fourth-order valence-electron chi connectivity index (χ4n) is 2.94. The standard InChI is InChI=1S/C14H25N3O/c1-10-5-12(18-14(10)6-15)8-17-7-11(2)13(9-17)16(3)4/h5,11,13H,6-9,15H2,1-4H3. The molecule has 18 heavy (non-hydrogen) atoms. The smallest absolute Gasteiger partial charge is 0.120 e. The van der Waals surface area contributed by atoms with Crippen molar-refractivity contribution in [2.24, 2.45) is 11.7 Å². The number of nitrogens with two attached hydrogens (primary N) is 1. The SMILES string of the molecule is Cc1cc(CN2CC(C)C(N(C)C)C2)oc1CN. The highest BCUT2D eigenvalue weighted by atomic mass is 16.3. The molecule has 0 spiro atoms. The van der Waals surface area contributed by atoms with Crippen LogP contribution in [-0.2, 0) is 13.1 Å². The minimum atomic E-state index is 0.489. The molecular formula is C14H25N3O. The van der Waals surface area contributed by atoms with Gasteiger partial charge < -0.3 is 15.1 Å². The minimum Gasteiger partial charge on any atom is -0.463 e. The highest BCUT2D eigenvalue weighted by Crippen LogP contribution is 2.23. The predicted molar refractivity (Wildman–Crippen MR) is 73.3 cm³/mol. The molecule has 1 aliphatic rings. The summed E-state index contributed by atoms with van der Waals surface area (Å²) in [5, 5.41) is 0. The normalized spacial score (nSPS) is 25.2. The number of hydrogen-bond acceptors (Lipinski definition) is 4. The van der Waals surface area contributed by atoms with Crippen molar-refractivity contribution in [3.8, 4) is 0 Å². The van der Waals surface area contributed by atoms with Gasteiger partial charge in [0.25, 0.3) is 0 Å². The fraction of sp³-hybridized carbons (Fsp3) is 0.714. The van der Waals surface area contributed by atoms with Crippen molar-refractivity contribution in [3.63, 3.8) is 0 Å².